The minimum Gasteiger partial charge on any atom is -0.0775 e. The molecule has 0 unspecified atom stereocenters. The molecule has 0 nitrogen and oxygen atoms in total. The van der Waals surface area contributed by atoms with E-state index in [0.29, 0.717) is 0 Å². The fourth-order valence-corrected chi connectivity index (χ4v) is 1.89. The Morgan fingerprint density at radius 1 is 1.08 bits per heavy atom. The lowest BCUT2D eigenvalue weighted by molar-refractivity contribution is 0.632. The van der Waals surface area contributed by atoms with Crippen molar-refractivity contribution in [3.8, 4) is 0 Å². The molecule has 0 heterocycles. The summed E-state index contributed by atoms with van der Waals surface area (Å²) in [5.41, 5.74) is 3.13. The molecule has 0 fully saturated rings. The molecule has 1 aliphatic rings. The van der Waals surface area contributed by atoms with E-state index < -0.39 is 0 Å². The number of allylic oxidation sites excluding steroid dienone is 4. The topological polar surface area (TPSA) is 0 Å². The first-order valence-electron chi connectivity index (χ1n) is 5.70. The van der Waals surface area contributed by atoms with E-state index in [1.54, 1.807) is 5.57 Å². The molecule has 0 aromatic carbocycles. The maximum atomic E-state index is 2.38. The van der Waals surface area contributed by atoms with Gasteiger partial charge in [0.2, 0.25) is 0 Å². The van der Waals surface area contributed by atoms with Gasteiger partial charge in [-0.1, -0.05) is 50.3 Å². The molecule has 0 heteroatoms. The summed E-state index contributed by atoms with van der Waals surface area (Å²) in [6, 6.07) is 0. The Hall–Kier alpha value is -0.520. The van der Waals surface area contributed by atoms with Crippen molar-refractivity contribution in [3.63, 3.8) is 0 Å². The molecule has 1 aliphatic carbocycles. The van der Waals surface area contributed by atoms with Crippen molar-refractivity contribution in [2.75, 3.05) is 0 Å². The highest BCUT2D eigenvalue weighted by atomic mass is 14.1. The molecule has 13 heavy (non-hydrogen) atoms. The molecule has 0 atom stereocenters. The molecule has 0 spiro atoms. The molecular formula is C13H22. The van der Waals surface area contributed by atoms with Gasteiger partial charge in [-0.15, -0.1) is 0 Å². The van der Waals surface area contributed by atoms with Crippen LogP contribution in [0.4, 0.5) is 0 Å². The van der Waals surface area contributed by atoms with E-state index in [9.17, 15) is 0 Å². The zero-order valence-corrected chi connectivity index (χ0v) is 9.10. The van der Waals surface area contributed by atoms with E-state index in [1.165, 1.54) is 50.5 Å². The van der Waals surface area contributed by atoms with Crippen LogP contribution in [0, 0.1) is 0 Å². The summed E-state index contributed by atoms with van der Waals surface area (Å²) in [7, 11) is 0. The van der Waals surface area contributed by atoms with Crippen molar-refractivity contribution in [3.05, 3.63) is 23.3 Å². The zero-order valence-electron chi connectivity index (χ0n) is 9.10. The van der Waals surface area contributed by atoms with Crippen molar-refractivity contribution < 1.29 is 0 Å². The van der Waals surface area contributed by atoms with E-state index in [1.807, 2.05) is 0 Å². The van der Waals surface area contributed by atoms with Crippen molar-refractivity contribution in [1.82, 2.24) is 0 Å². The third kappa shape index (κ3) is 3.80. The summed E-state index contributed by atoms with van der Waals surface area (Å²) in [4.78, 5) is 0. The summed E-state index contributed by atoms with van der Waals surface area (Å²) in [5, 5.41) is 0. The third-order valence-corrected chi connectivity index (χ3v) is 2.84. The Morgan fingerprint density at radius 3 is 2.46 bits per heavy atom. The number of hydrogen-bond donors (Lipinski definition) is 0. The minimum absolute atomic E-state index is 1.18. The van der Waals surface area contributed by atoms with Gasteiger partial charge in [0, 0.05) is 0 Å². The predicted octanol–water partition coefficient (Wildman–Crippen LogP) is 4.62. The maximum absolute atomic E-state index is 2.38. The van der Waals surface area contributed by atoms with Crippen LogP contribution in [0.2, 0.25) is 0 Å². The number of rotatable bonds is 6. The SMILES string of the molecule is CCCCCCCC1=CCC=C1C. The number of unbranched alkanes of at least 4 members (excludes halogenated alkanes) is 4. The summed E-state index contributed by atoms with van der Waals surface area (Å²) in [6.07, 6.45) is 14.2. The lowest BCUT2D eigenvalue weighted by Crippen LogP contribution is -1.83. The molecule has 0 aromatic rings. The maximum Gasteiger partial charge on any atom is -0.0157 e. The fraction of sp³-hybridized carbons (Fsp3) is 0.692. The van der Waals surface area contributed by atoms with Crippen molar-refractivity contribution >= 4 is 0 Å². The molecule has 1 rings (SSSR count). The first-order chi connectivity index (χ1) is 6.34. The molecule has 0 aromatic heterocycles. The van der Waals surface area contributed by atoms with Crippen LogP contribution in [0.25, 0.3) is 0 Å². The van der Waals surface area contributed by atoms with Gasteiger partial charge in [0.1, 0.15) is 0 Å². The quantitative estimate of drug-likeness (QED) is 0.520. The fourth-order valence-electron chi connectivity index (χ4n) is 1.89. The van der Waals surface area contributed by atoms with Gasteiger partial charge in [0.05, 0.1) is 0 Å². The van der Waals surface area contributed by atoms with Crippen LogP contribution >= 0.6 is 0 Å². The van der Waals surface area contributed by atoms with Crippen molar-refractivity contribution in [1.29, 1.82) is 0 Å². The van der Waals surface area contributed by atoms with Crippen LogP contribution in [-0.4, -0.2) is 0 Å². The molecular weight excluding hydrogens is 156 g/mol. The molecule has 0 saturated heterocycles. The number of hydrogen-bond acceptors (Lipinski definition) is 0. The normalized spacial score (nSPS) is 15.8. The van der Waals surface area contributed by atoms with Gasteiger partial charge in [-0.2, -0.15) is 0 Å². The third-order valence-electron chi connectivity index (χ3n) is 2.84. The summed E-state index contributed by atoms with van der Waals surface area (Å²) >= 11 is 0. The second-order valence-corrected chi connectivity index (χ2v) is 4.02. The average molecular weight is 178 g/mol. The van der Waals surface area contributed by atoms with Crippen LogP contribution in [0.3, 0.4) is 0 Å². The Kier molecular flexibility index (Phi) is 4.88. The standard InChI is InChI=1S/C13H22/c1-3-4-5-6-7-10-13-11-8-9-12(13)2/h9,11H,3-8,10H2,1-2H3. The van der Waals surface area contributed by atoms with Crippen LogP contribution < -0.4 is 0 Å². The Morgan fingerprint density at radius 2 is 1.85 bits per heavy atom. The van der Waals surface area contributed by atoms with Crippen LogP contribution in [0.15, 0.2) is 23.3 Å². The summed E-state index contributed by atoms with van der Waals surface area (Å²) in [6.45, 7) is 4.51. The second kappa shape index (κ2) is 6.01. The monoisotopic (exact) mass is 178 g/mol. The van der Waals surface area contributed by atoms with E-state index in [-0.39, 0.29) is 0 Å². The van der Waals surface area contributed by atoms with Crippen LogP contribution in [0.5, 0.6) is 0 Å². The predicted molar refractivity (Wildman–Crippen MR) is 59.8 cm³/mol. The largest absolute Gasteiger partial charge is 0.0775 e. The van der Waals surface area contributed by atoms with E-state index in [2.05, 4.69) is 26.0 Å². The van der Waals surface area contributed by atoms with Crippen molar-refractivity contribution in [2.45, 2.75) is 58.8 Å². The average Bonchev–Trinajstić information content (AvgIpc) is 2.52. The van der Waals surface area contributed by atoms with E-state index in [0.717, 1.165) is 0 Å². The lowest BCUT2D eigenvalue weighted by atomic mass is 10.0. The zero-order chi connectivity index (χ0) is 9.52. The summed E-state index contributed by atoms with van der Waals surface area (Å²) in [5.74, 6) is 0. The van der Waals surface area contributed by atoms with Crippen molar-refractivity contribution in [2.24, 2.45) is 0 Å². The van der Waals surface area contributed by atoms with Gasteiger partial charge >= 0.3 is 0 Å². The van der Waals surface area contributed by atoms with Gasteiger partial charge < -0.3 is 0 Å². The molecule has 0 saturated carbocycles. The van der Waals surface area contributed by atoms with Gasteiger partial charge in [0.15, 0.2) is 0 Å². The highest BCUT2D eigenvalue weighted by Crippen LogP contribution is 2.23. The second-order valence-electron chi connectivity index (χ2n) is 4.02. The van der Waals surface area contributed by atoms with E-state index in [4.69, 9.17) is 0 Å². The molecule has 74 valence electrons. The van der Waals surface area contributed by atoms with Gasteiger partial charge in [-0.3, -0.25) is 0 Å². The van der Waals surface area contributed by atoms with Gasteiger partial charge in [0.25, 0.3) is 0 Å². The Balaban J connectivity index is 2.03. The smallest absolute Gasteiger partial charge is 0.0157 e. The van der Waals surface area contributed by atoms with Crippen LogP contribution in [0.1, 0.15) is 58.8 Å². The molecule has 0 amide bonds. The molecule has 0 radical (unpaired) electrons. The van der Waals surface area contributed by atoms with E-state index >= 15 is 0 Å². The minimum atomic E-state index is 1.18. The molecule has 0 aliphatic heterocycles. The first-order valence-corrected chi connectivity index (χ1v) is 5.70. The highest BCUT2D eigenvalue weighted by molar-refractivity contribution is 5.34. The molecule has 0 bridgehead atoms. The van der Waals surface area contributed by atoms with Gasteiger partial charge in [-0.25, -0.2) is 0 Å². The molecule has 0 N–H and O–H groups in total. The Bertz CT molecular complexity index is 196. The summed E-state index contributed by atoms with van der Waals surface area (Å²) < 4.78 is 0. The lowest BCUT2D eigenvalue weighted by Gasteiger charge is -2.03. The Labute approximate surface area is 82.7 Å². The highest BCUT2D eigenvalue weighted by Gasteiger charge is 2.03. The van der Waals surface area contributed by atoms with Crippen LogP contribution in [-0.2, 0) is 0 Å². The first kappa shape index (κ1) is 10.6. The van der Waals surface area contributed by atoms with Gasteiger partial charge in [-0.05, 0) is 31.8 Å².